The van der Waals surface area contributed by atoms with E-state index in [1.165, 1.54) is 17.3 Å². The van der Waals surface area contributed by atoms with E-state index < -0.39 is 0 Å². The van der Waals surface area contributed by atoms with E-state index in [9.17, 15) is 4.79 Å². The van der Waals surface area contributed by atoms with Crippen molar-refractivity contribution in [1.29, 1.82) is 0 Å². The molecule has 26 heavy (non-hydrogen) atoms. The summed E-state index contributed by atoms with van der Waals surface area (Å²) < 4.78 is 1.97. The van der Waals surface area contributed by atoms with Crippen LogP contribution < -0.4 is 5.32 Å². The maximum Gasteiger partial charge on any atom is 0.234 e. The molecule has 1 aromatic carbocycles. The number of carbonyl (C=O) groups is 1. The molecule has 0 aliphatic carbocycles. The summed E-state index contributed by atoms with van der Waals surface area (Å²) in [5.41, 5.74) is 2.82. The van der Waals surface area contributed by atoms with Crippen LogP contribution in [-0.2, 0) is 17.8 Å². The summed E-state index contributed by atoms with van der Waals surface area (Å²) in [6.07, 6.45) is 2.71. The van der Waals surface area contributed by atoms with E-state index in [1.54, 1.807) is 6.20 Å². The molecule has 134 valence electrons. The summed E-state index contributed by atoms with van der Waals surface area (Å²) in [5, 5.41) is 12.1. The van der Waals surface area contributed by atoms with Crippen molar-refractivity contribution in [1.82, 2.24) is 19.7 Å². The molecule has 0 fully saturated rings. The summed E-state index contributed by atoms with van der Waals surface area (Å²) in [7, 11) is 0. The molecule has 1 amide bonds. The SMILES string of the molecule is CCc1ccc(NC(=O)CSc2nnc(-c3ccccn3)n2CC)cc1. The fourth-order valence-electron chi connectivity index (χ4n) is 2.52. The van der Waals surface area contributed by atoms with Gasteiger partial charge >= 0.3 is 0 Å². The summed E-state index contributed by atoms with van der Waals surface area (Å²) in [6, 6.07) is 13.6. The normalized spacial score (nSPS) is 10.7. The van der Waals surface area contributed by atoms with Gasteiger partial charge in [0.2, 0.25) is 5.91 Å². The molecule has 0 spiro atoms. The first-order chi connectivity index (χ1) is 12.7. The average molecular weight is 367 g/mol. The summed E-state index contributed by atoms with van der Waals surface area (Å²) in [4.78, 5) is 16.5. The Labute approximate surface area is 157 Å². The van der Waals surface area contributed by atoms with E-state index in [-0.39, 0.29) is 11.7 Å². The van der Waals surface area contributed by atoms with Crippen LogP contribution in [0, 0.1) is 0 Å². The third kappa shape index (κ3) is 4.29. The van der Waals surface area contributed by atoms with Crippen molar-refractivity contribution in [3.05, 3.63) is 54.2 Å². The zero-order valence-electron chi connectivity index (χ0n) is 14.8. The van der Waals surface area contributed by atoms with Gasteiger partial charge < -0.3 is 9.88 Å². The highest BCUT2D eigenvalue weighted by molar-refractivity contribution is 7.99. The number of rotatable bonds is 7. The summed E-state index contributed by atoms with van der Waals surface area (Å²) >= 11 is 1.37. The fourth-order valence-corrected chi connectivity index (χ4v) is 3.32. The molecule has 3 rings (SSSR count). The summed E-state index contributed by atoms with van der Waals surface area (Å²) in [6.45, 7) is 4.84. The number of pyridine rings is 1. The van der Waals surface area contributed by atoms with Gasteiger partial charge in [-0.2, -0.15) is 0 Å². The van der Waals surface area contributed by atoms with Crippen molar-refractivity contribution in [2.75, 3.05) is 11.1 Å². The van der Waals surface area contributed by atoms with Crippen LogP contribution in [0.2, 0.25) is 0 Å². The second-order valence-corrected chi connectivity index (χ2v) is 6.60. The van der Waals surface area contributed by atoms with E-state index in [4.69, 9.17) is 0 Å². The molecular formula is C19H21N5OS. The Bertz CT molecular complexity index is 861. The van der Waals surface area contributed by atoms with Crippen molar-refractivity contribution in [2.24, 2.45) is 0 Å². The van der Waals surface area contributed by atoms with E-state index in [2.05, 4.69) is 27.4 Å². The van der Waals surface area contributed by atoms with Crippen molar-refractivity contribution < 1.29 is 4.79 Å². The number of aromatic nitrogens is 4. The second kappa shape index (κ2) is 8.62. The van der Waals surface area contributed by atoms with Gasteiger partial charge in [-0.3, -0.25) is 9.78 Å². The van der Waals surface area contributed by atoms with Crippen LogP contribution >= 0.6 is 11.8 Å². The Hall–Kier alpha value is -2.67. The van der Waals surface area contributed by atoms with Gasteiger partial charge in [-0.25, -0.2) is 0 Å². The number of hydrogen-bond acceptors (Lipinski definition) is 5. The maximum atomic E-state index is 12.2. The fraction of sp³-hybridized carbons (Fsp3) is 0.263. The lowest BCUT2D eigenvalue weighted by atomic mass is 10.1. The lowest BCUT2D eigenvalue weighted by Gasteiger charge is -2.08. The van der Waals surface area contributed by atoms with Crippen LogP contribution in [-0.4, -0.2) is 31.4 Å². The largest absolute Gasteiger partial charge is 0.325 e. The highest BCUT2D eigenvalue weighted by Gasteiger charge is 2.15. The Balaban J connectivity index is 1.64. The highest BCUT2D eigenvalue weighted by Crippen LogP contribution is 2.22. The Morgan fingerprint density at radius 1 is 1.12 bits per heavy atom. The molecule has 0 saturated heterocycles. The topological polar surface area (TPSA) is 72.7 Å². The van der Waals surface area contributed by atoms with Crippen LogP contribution in [0.15, 0.2) is 53.8 Å². The monoisotopic (exact) mass is 367 g/mol. The lowest BCUT2D eigenvalue weighted by molar-refractivity contribution is -0.113. The van der Waals surface area contributed by atoms with Gasteiger partial charge in [-0.1, -0.05) is 36.9 Å². The zero-order chi connectivity index (χ0) is 18.4. The Kier molecular flexibility index (Phi) is 6.01. The van der Waals surface area contributed by atoms with Crippen LogP contribution in [0.5, 0.6) is 0 Å². The third-order valence-electron chi connectivity index (χ3n) is 3.91. The van der Waals surface area contributed by atoms with Gasteiger partial charge in [0.25, 0.3) is 0 Å². The van der Waals surface area contributed by atoms with Gasteiger partial charge in [-0.15, -0.1) is 10.2 Å². The van der Waals surface area contributed by atoms with Crippen LogP contribution in [0.25, 0.3) is 11.5 Å². The minimum atomic E-state index is -0.0655. The molecule has 1 N–H and O–H groups in total. The molecule has 0 unspecified atom stereocenters. The van der Waals surface area contributed by atoms with Crippen LogP contribution in [0.4, 0.5) is 5.69 Å². The second-order valence-electron chi connectivity index (χ2n) is 5.65. The molecular weight excluding hydrogens is 346 g/mol. The van der Waals surface area contributed by atoms with Gasteiger partial charge in [0.1, 0.15) is 5.69 Å². The lowest BCUT2D eigenvalue weighted by Crippen LogP contribution is -2.14. The van der Waals surface area contributed by atoms with E-state index in [0.717, 1.165) is 17.8 Å². The van der Waals surface area contributed by atoms with Crippen molar-refractivity contribution >= 4 is 23.4 Å². The minimum absolute atomic E-state index is 0.0655. The number of carbonyl (C=O) groups excluding carboxylic acids is 1. The molecule has 0 saturated carbocycles. The van der Waals surface area contributed by atoms with Gasteiger partial charge in [0, 0.05) is 18.4 Å². The minimum Gasteiger partial charge on any atom is -0.325 e. The van der Waals surface area contributed by atoms with Gasteiger partial charge in [0.05, 0.1) is 5.75 Å². The molecule has 0 radical (unpaired) electrons. The molecule has 0 atom stereocenters. The quantitative estimate of drug-likeness (QED) is 0.645. The molecule has 7 heteroatoms. The van der Waals surface area contributed by atoms with E-state index in [1.807, 2.05) is 54.0 Å². The predicted molar refractivity (Wildman–Crippen MR) is 104 cm³/mol. The number of hydrogen-bond donors (Lipinski definition) is 1. The first-order valence-corrected chi connectivity index (χ1v) is 9.56. The number of anilines is 1. The smallest absolute Gasteiger partial charge is 0.234 e. The van der Waals surface area contributed by atoms with Crippen molar-refractivity contribution in [2.45, 2.75) is 32.0 Å². The number of benzene rings is 1. The highest BCUT2D eigenvalue weighted by atomic mass is 32.2. The first kappa shape index (κ1) is 18.1. The molecule has 6 nitrogen and oxygen atoms in total. The predicted octanol–water partition coefficient (Wildman–Crippen LogP) is 3.65. The molecule has 3 aromatic rings. The molecule has 2 heterocycles. The third-order valence-corrected chi connectivity index (χ3v) is 4.87. The zero-order valence-corrected chi connectivity index (χ0v) is 15.7. The average Bonchev–Trinajstić information content (AvgIpc) is 3.10. The number of amides is 1. The Morgan fingerprint density at radius 2 is 1.92 bits per heavy atom. The van der Waals surface area contributed by atoms with Crippen LogP contribution in [0.3, 0.4) is 0 Å². The number of nitrogens with one attached hydrogen (secondary N) is 1. The van der Waals surface area contributed by atoms with Gasteiger partial charge in [0.15, 0.2) is 11.0 Å². The molecule has 0 bridgehead atoms. The van der Waals surface area contributed by atoms with Crippen LogP contribution in [0.1, 0.15) is 19.4 Å². The standard InChI is InChI=1S/C19H21N5OS/c1-3-14-8-10-15(11-9-14)21-17(25)13-26-19-23-22-18(24(19)4-2)16-7-5-6-12-20-16/h5-12H,3-4,13H2,1-2H3,(H,21,25). The molecule has 0 aliphatic rings. The molecule has 0 aliphatic heterocycles. The maximum absolute atomic E-state index is 12.2. The number of aryl methyl sites for hydroxylation is 1. The number of thioether (sulfide) groups is 1. The summed E-state index contributed by atoms with van der Waals surface area (Å²) in [5.74, 6) is 0.922. The Morgan fingerprint density at radius 3 is 2.58 bits per heavy atom. The van der Waals surface area contributed by atoms with E-state index in [0.29, 0.717) is 17.5 Å². The van der Waals surface area contributed by atoms with Crippen molar-refractivity contribution in [3.8, 4) is 11.5 Å². The number of nitrogens with zero attached hydrogens (tertiary/aromatic N) is 4. The van der Waals surface area contributed by atoms with Gasteiger partial charge in [-0.05, 0) is 43.2 Å². The first-order valence-electron chi connectivity index (χ1n) is 8.57. The molecule has 2 aromatic heterocycles. The van der Waals surface area contributed by atoms with Crippen molar-refractivity contribution in [3.63, 3.8) is 0 Å². The van der Waals surface area contributed by atoms with E-state index >= 15 is 0 Å².